The Morgan fingerprint density at radius 2 is 1.86 bits per heavy atom. The zero-order valence-corrected chi connectivity index (χ0v) is 17.5. The van der Waals surface area contributed by atoms with Gasteiger partial charge in [-0.3, -0.25) is 4.79 Å². The number of unbranched alkanes of at least 4 members (excludes halogenated alkanes) is 1. The van der Waals surface area contributed by atoms with E-state index in [1.54, 1.807) is 0 Å². The summed E-state index contributed by atoms with van der Waals surface area (Å²) in [6.07, 6.45) is 3.09. The zero-order valence-electron chi connectivity index (χ0n) is 15.5. The van der Waals surface area contributed by atoms with Crippen molar-refractivity contribution in [1.29, 1.82) is 0 Å². The maximum Gasteiger partial charge on any atom is 1.00 e. The van der Waals surface area contributed by atoms with E-state index in [4.69, 9.17) is 4.74 Å². The number of hydrogen-bond donors (Lipinski definition) is 1. The largest absolute Gasteiger partial charge is 1.00 e. The minimum absolute atomic E-state index is 0. The van der Waals surface area contributed by atoms with E-state index in [0.717, 1.165) is 18.6 Å². The Balaban J connectivity index is -0.00000110. The monoisotopic (exact) mass is 317 g/mol. The van der Waals surface area contributed by atoms with Crippen LogP contribution in [0.3, 0.4) is 0 Å². The summed E-state index contributed by atoms with van der Waals surface area (Å²) in [5.74, 6) is 0.763. The second-order valence-electron chi connectivity index (χ2n) is 4.56. The van der Waals surface area contributed by atoms with Gasteiger partial charge in [-0.2, -0.15) is 0 Å². The number of carbonyl (C=O) groups excluding carboxylic acids is 1. The summed E-state index contributed by atoms with van der Waals surface area (Å²) in [5.41, 5.74) is 0. The number of carbonyl (C=O) groups is 1. The first-order chi connectivity index (χ1) is 9.79. The summed E-state index contributed by atoms with van der Waals surface area (Å²) < 4.78 is 5.71. The van der Waals surface area contributed by atoms with E-state index in [9.17, 15) is 4.79 Å². The number of amides is 1. The molecule has 0 aliphatic carbocycles. The Bertz CT molecular complexity index is 612. The molecule has 0 aromatic heterocycles. The van der Waals surface area contributed by atoms with Crippen molar-refractivity contribution in [2.75, 3.05) is 13.2 Å². The Morgan fingerprint density at radius 3 is 2.59 bits per heavy atom. The molecule has 2 aromatic rings. The summed E-state index contributed by atoms with van der Waals surface area (Å²) in [7, 11) is 0. The van der Waals surface area contributed by atoms with Gasteiger partial charge in [-0.1, -0.05) is 36.9 Å². The van der Waals surface area contributed by atoms with Crippen LogP contribution in [-0.2, 0) is 4.79 Å². The normalized spacial score (nSPS) is 9.27. The van der Waals surface area contributed by atoms with Gasteiger partial charge in [0.2, 0.25) is 5.91 Å². The number of ether oxygens (including phenoxy) is 1. The van der Waals surface area contributed by atoms with Crippen LogP contribution in [0.15, 0.2) is 55.1 Å². The fraction of sp³-hybridized carbons (Fsp3) is 0.235. The molecule has 2 rings (SSSR count). The van der Waals surface area contributed by atoms with Crippen molar-refractivity contribution in [2.45, 2.75) is 12.8 Å². The number of fused-ring (bicyclic) bond motifs is 1. The van der Waals surface area contributed by atoms with Gasteiger partial charge in [0.1, 0.15) is 5.75 Å². The Morgan fingerprint density at radius 1 is 1.14 bits per heavy atom. The maximum atomic E-state index is 10.9. The van der Waals surface area contributed by atoms with Gasteiger partial charge in [-0.05, 0) is 41.8 Å². The van der Waals surface area contributed by atoms with E-state index in [0.29, 0.717) is 13.2 Å². The van der Waals surface area contributed by atoms with Crippen LogP contribution in [0.25, 0.3) is 10.8 Å². The topological polar surface area (TPSA) is 38.3 Å². The third-order valence-electron chi connectivity index (χ3n) is 3.05. The molecule has 1 amide bonds. The van der Waals surface area contributed by atoms with Crippen LogP contribution in [0.1, 0.15) is 15.7 Å². The van der Waals surface area contributed by atoms with Crippen molar-refractivity contribution in [1.82, 2.24) is 5.32 Å². The first-order valence-electron chi connectivity index (χ1n) is 6.81. The molecule has 0 atom stereocenters. The van der Waals surface area contributed by atoms with Crippen molar-refractivity contribution in [3.63, 3.8) is 0 Å². The maximum absolute atomic E-state index is 10.9. The van der Waals surface area contributed by atoms with Crippen molar-refractivity contribution in [3.05, 3.63) is 55.1 Å². The third-order valence-corrected chi connectivity index (χ3v) is 3.05. The smallest absolute Gasteiger partial charge is 1.00 e. The van der Waals surface area contributed by atoms with Gasteiger partial charge in [-0.25, -0.2) is 0 Å². The number of hydrogen-bond acceptors (Lipinski definition) is 2. The van der Waals surface area contributed by atoms with E-state index in [1.165, 1.54) is 16.8 Å². The molecule has 0 radical (unpaired) electrons. The van der Waals surface area contributed by atoms with Gasteiger partial charge >= 0.3 is 59.1 Å². The molecule has 0 aliphatic rings. The van der Waals surface area contributed by atoms with Gasteiger partial charge in [0.15, 0.2) is 0 Å². The molecule has 5 heteroatoms. The Kier molecular flexibility index (Phi) is 12.0. The quantitative estimate of drug-likeness (QED) is 0.349. The van der Waals surface area contributed by atoms with Crippen molar-refractivity contribution in [2.24, 2.45) is 0 Å². The SMILES string of the molecule is C=CC(=O)NCCCCOc1ccc2ccccc2c1.[H-].[H-].[Na+].[Na+]. The predicted octanol–water partition coefficient (Wildman–Crippen LogP) is -2.47. The Hall–Kier alpha value is -0.290. The van der Waals surface area contributed by atoms with E-state index in [-0.39, 0.29) is 67.9 Å². The molecule has 0 unspecified atom stereocenters. The minimum atomic E-state index is -0.125. The van der Waals surface area contributed by atoms with E-state index < -0.39 is 0 Å². The molecule has 108 valence electrons. The van der Waals surface area contributed by atoms with Crippen LogP contribution in [0.2, 0.25) is 0 Å². The molecule has 0 heterocycles. The molecule has 0 spiro atoms. The standard InChI is InChI=1S/C17H19NO2.2Na.2H/c1-2-17(19)18-11-5-6-12-20-16-10-9-14-7-3-4-8-15(14)13-16;;;;/h2-4,7-10,13H,1,5-6,11-12H2,(H,18,19);;;;/q;2*+1;2*-1. The molecule has 2 aromatic carbocycles. The summed E-state index contributed by atoms with van der Waals surface area (Å²) in [5, 5.41) is 5.14. The summed E-state index contributed by atoms with van der Waals surface area (Å²) >= 11 is 0. The van der Waals surface area contributed by atoms with Crippen LogP contribution in [0, 0.1) is 0 Å². The fourth-order valence-electron chi connectivity index (χ4n) is 1.96. The van der Waals surface area contributed by atoms with Gasteiger partial charge < -0.3 is 12.9 Å². The van der Waals surface area contributed by atoms with Crippen molar-refractivity contribution < 1.29 is 71.5 Å². The minimum Gasteiger partial charge on any atom is -1.00 e. The first kappa shape index (κ1) is 21.7. The average Bonchev–Trinajstić information content (AvgIpc) is 2.50. The van der Waals surface area contributed by atoms with E-state index in [1.807, 2.05) is 18.2 Å². The number of rotatable bonds is 7. The third kappa shape index (κ3) is 7.32. The summed E-state index contributed by atoms with van der Waals surface area (Å²) in [4.78, 5) is 10.9. The molecule has 1 N–H and O–H groups in total. The predicted molar refractivity (Wildman–Crippen MR) is 84.1 cm³/mol. The molecule has 0 bridgehead atoms. The first-order valence-corrected chi connectivity index (χ1v) is 6.81. The second kappa shape index (κ2) is 12.2. The van der Waals surface area contributed by atoms with Crippen molar-refractivity contribution in [3.8, 4) is 5.75 Å². The number of nitrogens with one attached hydrogen (secondary N) is 1. The molecular weight excluding hydrogens is 296 g/mol. The molecule has 0 fully saturated rings. The van der Waals surface area contributed by atoms with Gasteiger partial charge in [0, 0.05) is 6.54 Å². The van der Waals surface area contributed by atoms with E-state index >= 15 is 0 Å². The fourth-order valence-corrected chi connectivity index (χ4v) is 1.96. The molecule has 22 heavy (non-hydrogen) atoms. The van der Waals surface area contributed by atoms with Gasteiger partial charge in [0.25, 0.3) is 0 Å². The van der Waals surface area contributed by atoms with Crippen LogP contribution in [-0.4, -0.2) is 19.1 Å². The molecule has 0 saturated heterocycles. The summed E-state index contributed by atoms with van der Waals surface area (Å²) in [6.45, 7) is 4.72. The molecule has 3 nitrogen and oxygen atoms in total. The van der Waals surface area contributed by atoms with Crippen LogP contribution in [0.4, 0.5) is 0 Å². The van der Waals surface area contributed by atoms with Crippen LogP contribution >= 0.6 is 0 Å². The van der Waals surface area contributed by atoms with E-state index in [2.05, 4.69) is 36.2 Å². The summed E-state index contributed by atoms with van der Waals surface area (Å²) in [6, 6.07) is 14.3. The number of benzene rings is 2. The zero-order chi connectivity index (χ0) is 14.2. The van der Waals surface area contributed by atoms with Gasteiger partial charge in [-0.15, -0.1) is 0 Å². The Labute approximate surface area is 179 Å². The second-order valence-corrected chi connectivity index (χ2v) is 4.56. The average molecular weight is 317 g/mol. The molecule has 0 aliphatic heterocycles. The van der Waals surface area contributed by atoms with Gasteiger partial charge in [0.05, 0.1) is 6.61 Å². The molecular formula is C17H21NNa2O2. The van der Waals surface area contributed by atoms with Crippen molar-refractivity contribution >= 4 is 16.7 Å². The van der Waals surface area contributed by atoms with Crippen LogP contribution in [0.5, 0.6) is 5.75 Å². The van der Waals surface area contributed by atoms with Crippen LogP contribution < -0.4 is 69.2 Å². The molecule has 0 saturated carbocycles.